The number of fused-ring (bicyclic) bond motifs is 2. The topological polar surface area (TPSA) is 54.1 Å². The molecule has 2 saturated heterocycles. The number of benzene rings is 1. The van der Waals surface area contributed by atoms with Crippen LogP contribution in [-0.4, -0.2) is 45.5 Å². The number of aryl methyl sites for hydroxylation is 2. The Morgan fingerprint density at radius 2 is 1.17 bits per heavy atom. The average molecular weight is 411 g/mol. The summed E-state index contributed by atoms with van der Waals surface area (Å²) in [6.07, 6.45) is 6.51. The van der Waals surface area contributed by atoms with Gasteiger partial charge in [-0.15, -0.1) is 0 Å². The first-order valence-electron chi connectivity index (χ1n) is 11.9. The summed E-state index contributed by atoms with van der Waals surface area (Å²) in [6, 6.07) is 4.59. The molecule has 0 aliphatic carbocycles. The maximum Gasteiger partial charge on any atom is 0.113 e. The van der Waals surface area contributed by atoms with Crippen molar-refractivity contribution in [2.24, 2.45) is 0 Å². The molecule has 6 heteroatoms. The third-order valence-electron chi connectivity index (χ3n) is 6.74. The molecule has 2 aliphatic heterocycles. The Balaban J connectivity index is 1.64. The van der Waals surface area contributed by atoms with Crippen LogP contribution in [0.3, 0.4) is 0 Å². The molecule has 0 amide bonds. The molecule has 2 aliphatic rings. The number of hydrogen-bond acceptors (Lipinski definition) is 4. The van der Waals surface area contributed by atoms with E-state index in [4.69, 9.17) is 19.4 Å². The Morgan fingerprint density at radius 3 is 1.57 bits per heavy atom. The Labute approximate surface area is 178 Å². The normalized spacial score (nSPS) is 19.3. The molecular weight excluding hydrogens is 376 g/mol. The summed E-state index contributed by atoms with van der Waals surface area (Å²) in [6.45, 7) is 9.93. The highest BCUT2D eigenvalue weighted by molar-refractivity contribution is 5.92. The van der Waals surface area contributed by atoms with Crippen LogP contribution in [0.4, 0.5) is 0 Å². The number of rotatable bonds is 6. The summed E-state index contributed by atoms with van der Waals surface area (Å²) in [5.41, 5.74) is 4.72. The molecule has 0 atom stereocenters. The summed E-state index contributed by atoms with van der Waals surface area (Å²) < 4.78 is 16.1. The van der Waals surface area contributed by atoms with E-state index in [0.717, 1.165) is 89.1 Å². The van der Waals surface area contributed by atoms with Gasteiger partial charge in [-0.1, -0.05) is 13.8 Å². The van der Waals surface area contributed by atoms with Gasteiger partial charge in [-0.05, 0) is 50.7 Å². The number of aromatic nitrogens is 4. The summed E-state index contributed by atoms with van der Waals surface area (Å²) >= 11 is 0. The van der Waals surface area contributed by atoms with Gasteiger partial charge in [0, 0.05) is 51.4 Å². The van der Waals surface area contributed by atoms with Crippen LogP contribution in [0.2, 0.25) is 0 Å². The maximum absolute atomic E-state index is 5.60. The predicted octanol–water partition coefficient (Wildman–Crippen LogP) is 4.99. The van der Waals surface area contributed by atoms with Crippen molar-refractivity contribution in [3.05, 3.63) is 23.8 Å². The van der Waals surface area contributed by atoms with Crippen LogP contribution in [-0.2, 0) is 22.6 Å². The van der Waals surface area contributed by atoms with Gasteiger partial charge >= 0.3 is 0 Å². The molecule has 0 radical (unpaired) electrons. The van der Waals surface area contributed by atoms with E-state index in [2.05, 4.69) is 35.1 Å². The van der Waals surface area contributed by atoms with Gasteiger partial charge in [-0.25, -0.2) is 9.97 Å². The average Bonchev–Trinajstić information content (AvgIpc) is 3.32. The van der Waals surface area contributed by atoms with Gasteiger partial charge in [0.15, 0.2) is 0 Å². The second kappa shape index (κ2) is 8.67. The highest BCUT2D eigenvalue weighted by Gasteiger charge is 2.26. The fourth-order valence-electron chi connectivity index (χ4n) is 5.23. The summed E-state index contributed by atoms with van der Waals surface area (Å²) in [5, 5.41) is 0. The van der Waals surface area contributed by atoms with E-state index >= 15 is 0 Å². The molecule has 6 nitrogen and oxygen atoms in total. The lowest BCUT2D eigenvalue weighted by atomic mass is 9.99. The van der Waals surface area contributed by atoms with Crippen molar-refractivity contribution in [2.45, 2.75) is 77.3 Å². The second-order valence-electron chi connectivity index (χ2n) is 8.85. The van der Waals surface area contributed by atoms with Crippen LogP contribution in [0.25, 0.3) is 22.1 Å². The molecule has 0 N–H and O–H groups in total. The number of ether oxygens (including phenoxy) is 2. The van der Waals surface area contributed by atoms with Crippen molar-refractivity contribution >= 4 is 22.1 Å². The molecule has 5 rings (SSSR count). The molecule has 30 heavy (non-hydrogen) atoms. The van der Waals surface area contributed by atoms with Crippen molar-refractivity contribution < 1.29 is 9.47 Å². The van der Waals surface area contributed by atoms with E-state index in [9.17, 15) is 0 Å². The number of hydrogen-bond donors (Lipinski definition) is 0. The molecule has 0 saturated carbocycles. The van der Waals surface area contributed by atoms with E-state index in [1.807, 2.05) is 0 Å². The van der Waals surface area contributed by atoms with Gasteiger partial charge in [-0.2, -0.15) is 0 Å². The van der Waals surface area contributed by atoms with E-state index in [1.165, 1.54) is 22.7 Å². The molecule has 1 aromatic carbocycles. The highest BCUT2D eigenvalue weighted by Crippen LogP contribution is 2.34. The van der Waals surface area contributed by atoms with E-state index < -0.39 is 0 Å². The molecule has 0 unspecified atom stereocenters. The summed E-state index contributed by atoms with van der Waals surface area (Å²) in [5.74, 6) is 3.49. The zero-order chi connectivity index (χ0) is 20.5. The van der Waals surface area contributed by atoms with Gasteiger partial charge < -0.3 is 18.6 Å². The van der Waals surface area contributed by atoms with E-state index in [1.54, 1.807) is 0 Å². The minimum absolute atomic E-state index is 0.501. The molecule has 0 bridgehead atoms. The fourth-order valence-corrected chi connectivity index (χ4v) is 5.23. The maximum atomic E-state index is 5.60. The van der Waals surface area contributed by atoms with Gasteiger partial charge in [0.25, 0.3) is 0 Å². The Kier molecular flexibility index (Phi) is 5.79. The standard InChI is InChI=1S/C24H34N4O2/c1-3-9-27-21-16-22-20(15-19(21)25-23(27)17-5-11-29-12-6-17)26-24(28(22)10-4-2)18-7-13-30-14-8-18/h15-18H,3-14H2,1-2H3. The van der Waals surface area contributed by atoms with Crippen molar-refractivity contribution in [3.8, 4) is 0 Å². The van der Waals surface area contributed by atoms with Gasteiger partial charge in [0.1, 0.15) is 11.6 Å². The van der Waals surface area contributed by atoms with Crippen LogP contribution >= 0.6 is 0 Å². The van der Waals surface area contributed by atoms with Crippen LogP contribution in [0.5, 0.6) is 0 Å². The molecule has 2 fully saturated rings. The third-order valence-corrected chi connectivity index (χ3v) is 6.74. The quantitative estimate of drug-likeness (QED) is 0.574. The van der Waals surface area contributed by atoms with Crippen molar-refractivity contribution in [1.29, 1.82) is 0 Å². The lowest BCUT2D eigenvalue weighted by Crippen LogP contribution is -2.18. The molecule has 3 aromatic rings. The SMILES string of the molecule is CCCn1c(C2CCOCC2)nc2cc3nc(C4CCOCC4)n(CCC)c3cc21. The van der Waals surface area contributed by atoms with Gasteiger partial charge in [0.2, 0.25) is 0 Å². The lowest BCUT2D eigenvalue weighted by molar-refractivity contribution is 0.0828. The van der Waals surface area contributed by atoms with Crippen molar-refractivity contribution in [1.82, 2.24) is 19.1 Å². The van der Waals surface area contributed by atoms with Crippen LogP contribution in [0, 0.1) is 0 Å². The highest BCUT2D eigenvalue weighted by atomic mass is 16.5. The molecule has 4 heterocycles. The van der Waals surface area contributed by atoms with Crippen LogP contribution in [0.1, 0.15) is 75.9 Å². The van der Waals surface area contributed by atoms with Crippen LogP contribution < -0.4 is 0 Å². The first-order chi connectivity index (χ1) is 14.8. The largest absolute Gasteiger partial charge is 0.381 e. The Bertz CT molecular complexity index is 932. The zero-order valence-corrected chi connectivity index (χ0v) is 18.4. The van der Waals surface area contributed by atoms with Crippen molar-refractivity contribution in [2.75, 3.05) is 26.4 Å². The number of nitrogens with zero attached hydrogens (tertiary/aromatic N) is 4. The fraction of sp³-hybridized carbons (Fsp3) is 0.667. The van der Waals surface area contributed by atoms with E-state index in [-0.39, 0.29) is 0 Å². The first-order valence-corrected chi connectivity index (χ1v) is 11.9. The first kappa shape index (κ1) is 20.0. The predicted molar refractivity (Wildman–Crippen MR) is 119 cm³/mol. The minimum atomic E-state index is 0.501. The summed E-state index contributed by atoms with van der Waals surface area (Å²) in [7, 11) is 0. The summed E-state index contributed by atoms with van der Waals surface area (Å²) in [4.78, 5) is 10.3. The smallest absolute Gasteiger partial charge is 0.113 e. The number of imidazole rings is 2. The zero-order valence-electron chi connectivity index (χ0n) is 18.4. The minimum Gasteiger partial charge on any atom is -0.381 e. The third kappa shape index (κ3) is 3.54. The second-order valence-corrected chi connectivity index (χ2v) is 8.85. The lowest BCUT2D eigenvalue weighted by Gasteiger charge is -2.23. The van der Waals surface area contributed by atoms with Crippen molar-refractivity contribution in [3.63, 3.8) is 0 Å². The monoisotopic (exact) mass is 410 g/mol. The molecule has 2 aromatic heterocycles. The molecule has 162 valence electrons. The van der Waals surface area contributed by atoms with Gasteiger partial charge in [0.05, 0.1) is 22.1 Å². The van der Waals surface area contributed by atoms with E-state index in [0.29, 0.717) is 11.8 Å². The van der Waals surface area contributed by atoms with Crippen LogP contribution in [0.15, 0.2) is 12.1 Å². The molecular formula is C24H34N4O2. The van der Waals surface area contributed by atoms with Gasteiger partial charge in [-0.3, -0.25) is 0 Å². The Hall–Kier alpha value is -1.92. The Morgan fingerprint density at radius 1 is 0.733 bits per heavy atom. The molecule has 0 spiro atoms.